The SMILES string of the molecule is CNc1ncc(C)c(-c2ccc(OC)c(Br)c2OC)n1. The van der Waals surface area contributed by atoms with Crippen molar-refractivity contribution in [1.82, 2.24) is 9.97 Å². The molecule has 0 aliphatic carbocycles. The fraction of sp³-hybridized carbons (Fsp3) is 0.286. The van der Waals surface area contributed by atoms with Gasteiger partial charge in [0, 0.05) is 18.8 Å². The summed E-state index contributed by atoms with van der Waals surface area (Å²) >= 11 is 3.50. The van der Waals surface area contributed by atoms with Gasteiger partial charge in [0.25, 0.3) is 0 Å². The van der Waals surface area contributed by atoms with Crippen LogP contribution in [0.1, 0.15) is 5.56 Å². The smallest absolute Gasteiger partial charge is 0.222 e. The molecule has 6 heteroatoms. The monoisotopic (exact) mass is 337 g/mol. The molecule has 0 aliphatic rings. The van der Waals surface area contributed by atoms with Crippen LogP contribution in [0.15, 0.2) is 22.8 Å². The fourth-order valence-electron chi connectivity index (χ4n) is 1.92. The molecular formula is C14H16BrN3O2. The van der Waals surface area contributed by atoms with Crippen molar-refractivity contribution in [2.24, 2.45) is 0 Å². The second-order valence-corrected chi connectivity index (χ2v) is 4.93. The third kappa shape index (κ3) is 2.56. The number of hydrogen-bond acceptors (Lipinski definition) is 5. The number of rotatable bonds is 4. The van der Waals surface area contributed by atoms with Crippen LogP contribution in [0.2, 0.25) is 0 Å². The normalized spacial score (nSPS) is 10.2. The van der Waals surface area contributed by atoms with Crippen LogP contribution < -0.4 is 14.8 Å². The van der Waals surface area contributed by atoms with Gasteiger partial charge in [0.05, 0.1) is 19.9 Å². The molecule has 0 spiro atoms. The first-order chi connectivity index (χ1) is 9.62. The van der Waals surface area contributed by atoms with E-state index in [1.54, 1.807) is 27.5 Å². The van der Waals surface area contributed by atoms with Crippen molar-refractivity contribution in [3.8, 4) is 22.8 Å². The van der Waals surface area contributed by atoms with E-state index < -0.39 is 0 Å². The van der Waals surface area contributed by atoms with E-state index in [4.69, 9.17) is 9.47 Å². The van der Waals surface area contributed by atoms with E-state index in [9.17, 15) is 0 Å². The molecule has 0 fully saturated rings. The number of benzene rings is 1. The van der Waals surface area contributed by atoms with Crippen molar-refractivity contribution in [3.63, 3.8) is 0 Å². The molecule has 5 nitrogen and oxygen atoms in total. The van der Waals surface area contributed by atoms with Crippen molar-refractivity contribution in [2.75, 3.05) is 26.6 Å². The largest absolute Gasteiger partial charge is 0.495 e. The average molecular weight is 338 g/mol. The molecule has 106 valence electrons. The molecule has 0 amide bonds. The molecule has 0 unspecified atom stereocenters. The lowest BCUT2D eigenvalue weighted by atomic mass is 10.1. The molecule has 20 heavy (non-hydrogen) atoms. The fourth-order valence-corrected chi connectivity index (χ4v) is 2.59. The van der Waals surface area contributed by atoms with E-state index in [1.165, 1.54) is 0 Å². The summed E-state index contributed by atoms with van der Waals surface area (Å²) < 4.78 is 11.5. The number of halogens is 1. The Morgan fingerprint density at radius 2 is 1.95 bits per heavy atom. The summed E-state index contributed by atoms with van der Waals surface area (Å²) in [6, 6.07) is 3.81. The van der Waals surface area contributed by atoms with Crippen LogP contribution in [0.4, 0.5) is 5.95 Å². The average Bonchev–Trinajstić information content (AvgIpc) is 2.47. The molecule has 0 bridgehead atoms. The molecule has 0 saturated carbocycles. The maximum atomic E-state index is 5.49. The van der Waals surface area contributed by atoms with E-state index in [-0.39, 0.29) is 0 Å². The Labute approximate surface area is 126 Å². The molecule has 1 heterocycles. The van der Waals surface area contributed by atoms with Crippen LogP contribution in [-0.4, -0.2) is 31.2 Å². The minimum atomic E-state index is 0.569. The molecular weight excluding hydrogens is 322 g/mol. The zero-order valence-electron chi connectivity index (χ0n) is 11.8. The molecule has 1 N–H and O–H groups in total. The Bertz CT molecular complexity index is 632. The predicted octanol–water partition coefficient (Wildman–Crippen LogP) is 3.27. The van der Waals surface area contributed by atoms with E-state index in [0.717, 1.165) is 21.3 Å². The minimum Gasteiger partial charge on any atom is -0.495 e. The third-order valence-electron chi connectivity index (χ3n) is 2.94. The zero-order valence-corrected chi connectivity index (χ0v) is 13.4. The van der Waals surface area contributed by atoms with Gasteiger partial charge in [0.15, 0.2) is 0 Å². The molecule has 0 saturated heterocycles. The summed E-state index contributed by atoms with van der Waals surface area (Å²) in [6.07, 6.45) is 1.78. The van der Waals surface area contributed by atoms with E-state index in [2.05, 4.69) is 31.2 Å². The number of nitrogens with one attached hydrogen (secondary N) is 1. The molecule has 2 rings (SSSR count). The van der Waals surface area contributed by atoms with Crippen molar-refractivity contribution >= 4 is 21.9 Å². The Morgan fingerprint density at radius 3 is 2.55 bits per heavy atom. The molecule has 0 radical (unpaired) electrons. The van der Waals surface area contributed by atoms with Gasteiger partial charge in [-0.1, -0.05) is 0 Å². The Kier molecular flexibility index (Phi) is 4.44. The van der Waals surface area contributed by atoms with Gasteiger partial charge in [0.2, 0.25) is 5.95 Å². The highest BCUT2D eigenvalue weighted by Gasteiger charge is 2.17. The van der Waals surface area contributed by atoms with Gasteiger partial charge in [-0.2, -0.15) is 0 Å². The number of aryl methyl sites for hydroxylation is 1. The van der Waals surface area contributed by atoms with Crippen molar-refractivity contribution in [1.29, 1.82) is 0 Å². The van der Waals surface area contributed by atoms with E-state index in [0.29, 0.717) is 17.4 Å². The van der Waals surface area contributed by atoms with Gasteiger partial charge in [-0.15, -0.1) is 0 Å². The van der Waals surface area contributed by atoms with Crippen LogP contribution in [0.3, 0.4) is 0 Å². The topological polar surface area (TPSA) is 56.3 Å². The van der Waals surface area contributed by atoms with Gasteiger partial charge in [0.1, 0.15) is 16.0 Å². The number of nitrogens with zero attached hydrogens (tertiary/aromatic N) is 2. The summed E-state index contributed by atoms with van der Waals surface area (Å²) in [6.45, 7) is 1.96. The third-order valence-corrected chi connectivity index (χ3v) is 3.69. The van der Waals surface area contributed by atoms with Gasteiger partial charge in [-0.25, -0.2) is 9.97 Å². The maximum Gasteiger partial charge on any atom is 0.222 e. The summed E-state index contributed by atoms with van der Waals surface area (Å²) in [5, 5.41) is 2.94. The lowest BCUT2D eigenvalue weighted by Crippen LogP contribution is -2.01. The Balaban J connectivity index is 2.66. The summed E-state index contributed by atoms with van der Waals surface area (Å²) in [5.41, 5.74) is 2.68. The maximum absolute atomic E-state index is 5.49. The Hall–Kier alpha value is -1.82. The molecule has 1 aromatic heterocycles. The highest BCUT2D eigenvalue weighted by atomic mass is 79.9. The molecule has 0 aliphatic heterocycles. The van der Waals surface area contributed by atoms with Crippen LogP contribution in [0.5, 0.6) is 11.5 Å². The summed E-state index contributed by atoms with van der Waals surface area (Å²) in [7, 11) is 5.03. The van der Waals surface area contributed by atoms with E-state index >= 15 is 0 Å². The Morgan fingerprint density at radius 1 is 1.20 bits per heavy atom. The number of methoxy groups -OCH3 is 2. The predicted molar refractivity (Wildman–Crippen MR) is 82.6 cm³/mol. The van der Waals surface area contributed by atoms with Crippen LogP contribution >= 0.6 is 15.9 Å². The standard InChI is InChI=1S/C14H16BrN3O2/c1-8-7-17-14(16-2)18-12(8)9-5-6-10(19-3)11(15)13(9)20-4/h5-7H,1-4H3,(H,16,17,18). The molecule has 0 atom stereocenters. The number of ether oxygens (including phenoxy) is 2. The van der Waals surface area contributed by atoms with Crippen molar-refractivity contribution in [3.05, 3.63) is 28.4 Å². The first-order valence-corrected chi connectivity index (χ1v) is 6.84. The van der Waals surface area contributed by atoms with Crippen molar-refractivity contribution in [2.45, 2.75) is 6.92 Å². The van der Waals surface area contributed by atoms with Gasteiger partial charge >= 0.3 is 0 Å². The van der Waals surface area contributed by atoms with Crippen LogP contribution in [0.25, 0.3) is 11.3 Å². The summed E-state index contributed by atoms with van der Waals surface area (Å²) in [4.78, 5) is 8.70. The second kappa shape index (κ2) is 6.09. The van der Waals surface area contributed by atoms with Crippen molar-refractivity contribution < 1.29 is 9.47 Å². The van der Waals surface area contributed by atoms with Gasteiger partial charge in [-0.3, -0.25) is 0 Å². The lowest BCUT2D eigenvalue weighted by Gasteiger charge is -2.14. The highest BCUT2D eigenvalue weighted by Crippen LogP contribution is 2.42. The first-order valence-electron chi connectivity index (χ1n) is 6.04. The molecule has 1 aromatic carbocycles. The number of hydrogen-bond donors (Lipinski definition) is 1. The summed E-state index contributed by atoms with van der Waals surface area (Å²) in [5.74, 6) is 1.97. The lowest BCUT2D eigenvalue weighted by molar-refractivity contribution is 0.390. The highest BCUT2D eigenvalue weighted by molar-refractivity contribution is 9.10. The number of aromatic nitrogens is 2. The van der Waals surface area contributed by atoms with Crippen LogP contribution in [-0.2, 0) is 0 Å². The molecule has 2 aromatic rings. The second-order valence-electron chi connectivity index (χ2n) is 4.14. The minimum absolute atomic E-state index is 0.569. The quantitative estimate of drug-likeness (QED) is 0.927. The first kappa shape index (κ1) is 14.6. The van der Waals surface area contributed by atoms with E-state index in [1.807, 2.05) is 19.1 Å². The zero-order chi connectivity index (χ0) is 14.7. The number of anilines is 1. The van der Waals surface area contributed by atoms with Gasteiger partial charge in [-0.05, 0) is 40.5 Å². The van der Waals surface area contributed by atoms with Gasteiger partial charge < -0.3 is 14.8 Å². The van der Waals surface area contributed by atoms with Crippen LogP contribution in [0, 0.1) is 6.92 Å².